The predicted molar refractivity (Wildman–Crippen MR) is 90.1 cm³/mol. The van der Waals surface area contributed by atoms with Gasteiger partial charge in [-0.3, -0.25) is 3.07 Å². The monoisotopic (exact) mass is 396 g/mol. The first-order chi connectivity index (χ1) is 10.2. The van der Waals surface area contributed by atoms with Crippen molar-refractivity contribution in [2.75, 3.05) is 0 Å². The molecular formula is C17H17IO3. The van der Waals surface area contributed by atoms with E-state index in [4.69, 9.17) is 0 Å². The van der Waals surface area contributed by atoms with E-state index >= 15 is 0 Å². The Kier molecular flexibility index (Phi) is 4.33. The number of hydrogen-bond donors (Lipinski definition) is 1. The second kappa shape index (κ2) is 6.22. The third kappa shape index (κ3) is 2.73. The van der Waals surface area contributed by atoms with E-state index in [0.717, 1.165) is 10.8 Å². The first-order valence-corrected chi connectivity index (χ1v) is 9.24. The maximum atomic E-state index is 11.6. The summed E-state index contributed by atoms with van der Waals surface area (Å²) in [5.41, 5.74) is 1.48. The lowest BCUT2D eigenvalue weighted by Gasteiger charge is -2.23. The molecule has 2 aromatic rings. The summed E-state index contributed by atoms with van der Waals surface area (Å²) >= 11 is -1.51. The Morgan fingerprint density at radius 2 is 1.81 bits per heavy atom. The average molecular weight is 396 g/mol. The molecule has 0 radical (unpaired) electrons. The largest absolute Gasteiger partial charge is 0.478 e. The van der Waals surface area contributed by atoms with E-state index in [0.29, 0.717) is 9.49 Å². The standard InChI is InChI=1S/C17H17IO3/c19-17(20)15-10-9-13-12(11-5-2-1-3-6-11)7-4-8-14(13)16(15)18-21/h4,7-11H,1-3,5-6H2,(H,19,20). The van der Waals surface area contributed by atoms with Crippen LogP contribution in [0.1, 0.15) is 53.9 Å². The highest BCUT2D eigenvalue weighted by Gasteiger charge is 2.20. The van der Waals surface area contributed by atoms with Gasteiger partial charge < -0.3 is 5.11 Å². The summed E-state index contributed by atoms with van der Waals surface area (Å²) in [6.45, 7) is 0. The van der Waals surface area contributed by atoms with Gasteiger partial charge in [-0.2, -0.15) is 0 Å². The van der Waals surface area contributed by atoms with Gasteiger partial charge in [0.1, 0.15) is 0 Å². The molecule has 2 aromatic carbocycles. The van der Waals surface area contributed by atoms with Crippen LogP contribution in [0.5, 0.6) is 0 Å². The van der Waals surface area contributed by atoms with Gasteiger partial charge in [0.25, 0.3) is 0 Å². The van der Waals surface area contributed by atoms with Crippen molar-refractivity contribution < 1.29 is 13.0 Å². The Hall–Kier alpha value is -1.30. The molecule has 21 heavy (non-hydrogen) atoms. The number of benzene rings is 2. The number of carbonyl (C=O) groups is 1. The SMILES string of the molecule is O=Ic1c(C(=O)O)ccc2c(C3CCCCC3)cccc12. The minimum Gasteiger partial charge on any atom is -0.478 e. The third-order valence-electron chi connectivity index (χ3n) is 4.38. The van der Waals surface area contributed by atoms with Gasteiger partial charge in [0, 0.05) is 0 Å². The molecule has 0 aliphatic heterocycles. The summed E-state index contributed by atoms with van der Waals surface area (Å²) in [4.78, 5) is 11.3. The lowest BCUT2D eigenvalue weighted by Crippen LogP contribution is -2.06. The maximum Gasteiger partial charge on any atom is 0.336 e. The van der Waals surface area contributed by atoms with Crippen LogP contribution in [0, 0.1) is 3.57 Å². The molecule has 4 heteroatoms. The number of fused-ring (bicyclic) bond motifs is 1. The fourth-order valence-corrected chi connectivity index (χ4v) is 4.72. The first kappa shape index (κ1) is 14.6. The molecule has 3 nitrogen and oxygen atoms in total. The fourth-order valence-electron chi connectivity index (χ4n) is 3.36. The van der Waals surface area contributed by atoms with Crippen molar-refractivity contribution in [1.82, 2.24) is 0 Å². The molecule has 0 saturated heterocycles. The molecule has 0 amide bonds. The molecule has 0 heterocycles. The number of hydrogen-bond acceptors (Lipinski definition) is 2. The molecule has 0 bridgehead atoms. The van der Waals surface area contributed by atoms with Crippen molar-refractivity contribution >= 4 is 37.9 Å². The van der Waals surface area contributed by atoms with E-state index < -0.39 is 27.2 Å². The summed E-state index contributed by atoms with van der Waals surface area (Å²) < 4.78 is 12.1. The van der Waals surface area contributed by atoms with Crippen LogP contribution in [0.3, 0.4) is 0 Å². The number of aromatic carboxylic acids is 1. The Bertz CT molecular complexity index is 702. The number of rotatable bonds is 3. The van der Waals surface area contributed by atoms with E-state index in [-0.39, 0.29) is 5.56 Å². The van der Waals surface area contributed by atoms with Gasteiger partial charge in [0.2, 0.25) is 0 Å². The van der Waals surface area contributed by atoms with Crippen LogP contribution in [0.15, 0.2) is 30.3 Å². The predicted octanol–water partition coefficient (Wildman–Crippen LogP) is 5.07. The molecule has 0 atom stereocenters. The molecule has 1 fully saturated rings. The van der Waals surface area contributed by atoms with E-state index in [1.807, 2.05) is 18.2 Å². The second-order valence-electron chi connectivity index (χ2n) is 5.59. The van der Waals surface area contributed by atoms with Gasteiger partial charge in [-0.15, -0.1) is 0 Å². The van der Waals surface area contributed by atoms with Crippen LogP contribution in [-0.4, -0.2) is 11.1 Å². The molecule has 0 unspecified atom stereocenters. The quantitative estimate of drug-likeness (QED) is 0.737. The summed E-state index contributed by atoms with van der Waals surface area (Å²) in [6.07, 6.45) is 6.22. The molecule has 3 rings (SSSR count). The maximum absolute atomic E-state index is 11.6. The zero-order valence-electron chi connectivity index (χ0n) is 11.6. The van der Waals surface area contributed by atoms with Gasteiger partial charge in [0.05, 0.1) is 9.13 Å². The van der Waals surface area contributed by atoms with Crippen molar-refractivity contribution in [1.29, 1.82) is 0 Å². The highest BCUT2D eigenvalue weighted by molar-refractivity contribution is 14.1. The van der Waals surface area contributed by atoms with Crippen molar-refractivity contribution in [3.8, 4) is 0 Å². The van der Waals surface area contributed by atoms with Crippen LogP contribution in [0.4, 0.5) is 0 Å². The molecule has 1 aliphatic rings. The topological polar surface area (TPSA) is 54.4 Å². The lowest BCUT2D eigenvalue weighted by molar-refractivity contribution is 0.0696. The minimum absolute atomic E-state index is 0.186. The van der Waals surface area contributed by atoms with Gasteiger partial charge in [0.15, 0.2) is 21.2 Å². The van der Waals surface area contributed by atoms with Crippen molar-refractivity contribution in [3.05, 3.63) is 45.0 Å². The zero-order valence-corrected chi connectivity index (χ0v) is 13.8. The molecular weight excluding hydrogens is 379 g/mol. The van der Waals surface area contributed by atoms with E-state index in [9.17, 15) is 13.0 Å². The molecule has 1 saturated carbocycles. The molecule has 1 N–H and O–H groups in total. The Morgan fingerprint density at radius 3 is 2.48 bits per heavy atom. The summed E-state index contributed by atoms with van der Waals surface area (Å²) in [6, 6.07) is 9.53. The van der Waals surface area contributed by atoms with Crippen molar-refractivity contribution in [2.24, 2.45) is 0 Å². The van der Waals surface area contributed by atoms with Crippen LogP contribution in [0.25, 0.3) is 10.8 Å². The third-order valence-corrected chi connectivity index (χ3v) is 5.98. The summed E-state index contributed by atoms with van der Waals surface area (Å²) in [5, 5.41) is 11.2. The number of halogens is 1. The highest BCUT2D eigenvalue weighted by Crippen LogP contribution is 2.38. The second-order valence-corrected chi connectivity index (χ2v) is 7.11. The molecule has 0 spiro atoms. The summed E-state index contributed by atoms with van der Waals surface area (Å²) in [5.74, 6) is -0.443. The normalized spacial score (nSPS) is 16.2. The summed E-state index contributed by atoms with van der Waals surface area (Å²) in [7, 11) is 0. The van der Waals surface area contributed by atoms with Gasteiger partial charge >= 0.3 is 5.97 Å². The smallest absolute Gasteiger partial charge is 0.336 e. The van der Waals surface area contributed by atoms with Crippen LogP contribution in [-0.2, 0) is 3.07 Å². The van der Waals surface area contributed by atoms with Gasteiger partial charge in [-0.25, -0.2) is 4.79 Å². The van der Waals surface area contributed by atoms with E-state index in [1.165, 1.54) is 37.7 Å². The lowest BCUT2D eigenvalue weighted by atomic mass is 9.82. The van der Waals surface area contributed by atoms with Crippen LogP contribution >= 0.6 is 21.2 Å². The van der Waals surface area contributed by atoms with Gasteiger partial charge in [-0.1, -0.05) is 43.5 Å². The van der Waals surface area contributed by atoms with E-state index in [1.54, 1.807) is 6.07 Å². The Labute approximate surface area is 134 Å². The zero-order chi connectivity index (χ0) is 14.8. The number of carboxylic acids is 1. The Morgan fingerprint density at radius 1 is 1.05 bits per heavy atom. The minimum atomic E-state index is -1.51. The Balaban J connectivity index is 2.20. The van der Waals surface area contributed by atoms with Crippen LogP contribution in [0.2, 0.25) is 0 Å². The van der Waals surface area contributed by atoms with Crippen LogP contribution < -0.4 is 0 Å². The molecule has 0 aromatic heterocycles. The highest BCUT2D eigenvalue weighted by atomic mass is 127. The molecule has 1 aliphatic carbocycles. The first-order valence-electron chi connectivity index (χ1n) is 7.28. The molecule has 110 valence electrons. The van der Waals surface area contributed by atoms with Gasteiger partial charge in [-0.05, 0) is 41.2 Å². The van der Waals surface area contributed by atoms with Crippen molar-refractivity contribution in [3.63, 3.8) is 0 Å². The average Bonchev–Trinajstić information content (AvgIpc) is 2.53. The number of carboxylic acid groups (broad SMARTS) is 1. The van der Waals surface area contributed by atoms with Crippen molar-refractivity contribution in [2.45, 2.75) is 38.0 Å². The van der Waals surface area contributed by atoms with E-state index in [2.05, 4.69) is 6.07 Å². The fraction of sp³-hybridized carbons (Fsp3) is 0.353.